The van der Waals surface area contributed by atoms with Crippen LogP contribution >= 0.6 is 11.3 Å². The minimum atomic E-state index is -0.288. The topological polar surface area (TPSA) is 74.3 Å². The van der Waals surface area contributed by atoms with Gasteiger partial charge in [-0.2, -0.15) is 0 Å². The van der Waals surface area contributed by atoms with Gasteiger partial charge in [0.05, 0.1) is 0 Å². The number of hydrogen-bond acceptors (Lipinski definition) is 4. The maximum absolute atomic E-state index is 13.0. The van der Waals surface area contributed by atoms with E-state index in [1.807, 2.05) is 0 Å². The van der Waals surface area contributed by atoms with E-state index in [2.05, 4.69) is 15.6 Å². The zero-order chi connectivity index (χ0) is 19.5. The Balaban J connectivity index is 1.43. The van der Waals surface area contributed by atoms with Crippen molar-refractivity contribution < 1.29 is 14.0 Å². The Labute approximate surface area is 165 Å². The van der Waals surface area contributed by atoms with Crippen molar-refractivity contribution in [2.75, 3.05) is 23.3 Å². The van der Waals surface area contributed by atoms with Crippen molar-refractivity contribution in [3.05, 3.63) is 76.5 Å². The van der Waals surface area contributed by atoms with Crippen molar-refractivity contribution in [3.63, 3.8) is 0 Å². The zero-order valence-corrected chi connectivity index (χ0v) is 15.6. The van der Waals surface area contributed by atoms with Gasteiger partial charge in [0, 0.05) is 41.8 Å². The van der Waals surface area contributed by atoms with Gasteiger partial charge < -0.3 is 5.32 Å². The minimum Gasteiger partial charge on any atom is -0.336 e. The predicted molar refractivity (Wildman–Crippen MR) is 106 cm³/mol. The highest BCUT2D eigenvalue weighted by molar-refractivity contribution is 7.15. The third-order valence-corrected chi connectivity index (χ3v) is 5.26. The van der Waals surface area contributed by atoms with Crippen LogP contribution in [0.2, 0.25) is 0 Å². The van der Waals surface area contributed by atoms with Gasteiger partial charge in [-0.25, -0.2) is 14.2 Å². The number of urea groups is 1. The SMILES string of the molecule is O=C(Nc1ncc(Cc2ccc(F)cc2)s1)c1cccc(N2CCNC2=O)c1. The Morgan fingerprint density at radius 1 is 1.25 bits per heavy atom. The van der Waals surface area contributed by atoms with Crippen LogP contribution in [0.3, 0.4) is 0 Å². The molecule has 4 rings (SSSR count). The third kappa shape index (κ3) is 4.01. The molecule has 0 saturated carbocycles. The number of aromatic nitrogens is 1. The first-order valence-corrected chi connectivity index (χ1v) is 9.56. The summed E-state index contributed by atoms with van der Waals surface area (Å²) in [6.45, 7) is 1.16. The average molecular weight is 396 g/mol. The minimum absolute atomic E-state index is 0.164. The number of amides is 3. The Hall–Kier alpha value is -3.26. The van der Waals surface area contributed by atoms with E-state index >= 15 is 0 Å². The molecule has 0 unspecified atom stereocenters. The molecule has 8 heteroatoms. The van der Waals surface area contributed by atoms with Crippen LogP contribution in [0.15, 0.2) is 54.7 Å². The molecule has 2 aromatic carbocycles. The van der Waals surface area contributed by atoms with Crippen LogP contribution < -0.4 is 15.5 Å². The second kappa shape index (κ2) is 7.77. The van der Waals surface area contributed by atoms with Crippen molar-refractivity contribution in [1.29, 1.82) is 0 Å². The summed E-state index contributed by atoms with van der Waals surface area (Å²) in [5.74, 6) is -0.557. The predicted octanol–water partition coefficient (Wildman–Crippen LogP) is 3.65. The summed E-state index contributed by atoms with van der Waals surface area (Å²) >= 11 is 1.37. The number of thiazole rings is 1. The van der Waals surface area contributed by atoms with E-state index in [0.717, 1.165) is 10.4 Å². The van der Waals surface area contributed by atoms with Crippen molar-refractivity contribution in [2.24, 2.45) is 0 Å². The quantitative estimate of drug-likeness (QED) is 0.691. The Kier molecular flexibility index (Phi) is 5.03. The number of anilines is 2. The lowest BCUT2D eigenvalue weighted by Crippen LogP contribution is -2.27. The van der Waals surface area contributed by atoms with Gasteiger partial charge in [0.1, 0.15) is 5.82 Å². The maximum atomic E-state index is 13.0. The van der Waals surface area contributed by atoms with Gasteiger partial charge in [-0.05, 0) is 35.9 Å². The molecule has 0 atom stereocenters. The third-order valence-electron chi connectivity index (χ3n) is 4.34. The maximum Gasteiger partial charge on any atom is 0.321 e. The standard InChI is InChI=1S/C20H17FN4O2S/c21-15-6-4-13(5-7-15)10-17-12-23-19(28-17)24-18(26)14-2-1-3-16(11-14)25-9-8-22-20(25)27/h1-7,11-12H,8-10H2,(H,22,27)(H,23,24,26). The molecule has 28 heavy (non-hydrogen) atoms. The summed E-state index contributed by atoms with van der Waals surface area (Å²) in [5, 5.41) is 6.02. The number of carbonyl (C=O) groups excluding carboxylic acids is 2. The molecule has 3 aromatic rings. The molecule has 1 saturated heterocycles. The molecular weight excluding hydrogens is 379 g/mol. The first-order chi connectivity index (χ1) is 13.6. The van der Waals surface area contributed by atoms with E-state index in [1.54, 1.807) is 47.5 Å². The molecule has 0 radical (unpaired) electrons. The van der Waals surface area contributed by atoms with Crippen LogP contribution in [0, 0.1) is 5.82 Å². The molecule has 3 amide bonds. The highest BCUT2D eigenvalue weighted by Crippen LogP contribution is 2.23. The van der Waals surface area contributed by atoms with Gasteiger partial charge in [-0.15, -0.1) is 11.3 Å². The van der Waals surface area contributed by atoms with Crippen LogP contribution in [-0.2, 0) is 6.42 Å². The van der Waals surface area contributed by atoms with Gasteiger partial charge in [0.15, 0.2) is 5.13 Å². The second-order valence-corrected chi connectivity index (χ2v) is 7.44. The molecule has 0 aliphatic carbocycles. The summed E-state index contributed by atoms with van der Waals surface area (Å²) in [6, 6.07) is 13.1. The van der Waals surface area contributed by atoms with E-state index < -0.39 is 0 Å². The van der Waals surface area contributed by atoms with Gasteiger partial charge in [0.2, 0.25) is 0 Å². The van der Waals surface area contributed by atoms with E-state index in [9.17, 15) is 14.0 Å². The van der Waals surface area contributed by atoms with Crippen LogP contribution in [-0.4, -0.2) is 30.0 Å². The number of carbonyl (C=O) groups is 2. The normalized spacial score (nSPS) is 13.5. The van der Waals surface area contributed by atoms with Gasteiger partial charge >= 0.3 is 6.03 Å². The molecule has 1 aliphatic rings. The van der Waals surface area contributed by atoms with Crippen molar-refractivity contribution in [3.8, 4) is 0 Å². The molecule has 0 bridgehead atoms. The van der Waals surface area contributed by atoms with Crippen LogP contribution in [0.4, 0.5) is 20.0 Å². The summed E-state index contributed by atoms with van der Waals surface area (Å²) in [6.07, 6.45) is 2.32. The smallest absolute Gasteiger partial charge is 0.321 e. The van der Waals surface area contributed by atoms with Gasteiger partial charge in [-0.1, -0.05) is 18.2 Å². The first-order valence-electron chi connectivity index (χ1n) is 8.74. The number of nitrogens with zero attached hydrogens (tertiary/aromatic N) is 2. The molecule has 142 valence electrons. The lowest BCUT2D eigenvalue weighted by molar-refractivity contribution is 0.102. The molecule has 1 aliphatic heterocycles. The van der Waals surface area contributed by atoms with Crippen LogP contribution in [0.25, 0.3) is 0 Å². The number of halogens is 1. The Morgan fingerprint density at radius 3 is 2.82 bits per heavy atom. The summed E-state index contributed by atoms with van der Waals surface area (Å²) in [4.78, 5) is 31.2. The van der Waals surface area contributed by atoms with E-state index in [0.29, 0.717) is 35.9 Å². The largest absolute Gasteiger partial charge is 0.336 e. The molecule has 1 fully saturated rings. The fraction of sp³-hybridized carbons (Fsp3) is 0.150. The van der Waals surface area contributed by atoms with Crippen LogP contribution in [0.1, 0.15) is 20.8 Å². The first kappa shape index (κ1) is 18.1. The molecule has 1 aromatic heterocycles. The summed E-state index contributed by atoms with van der Waals surface area (Å²) < 4.78 is 13.0. The fourth-order valence-electron chi connectivity index (χ4n) is 2.95. The second-order valence-electron chi connectivity index (χ2n) is 6.32. The number of hydrogen-bond donors (Lipinski definition) is 2. The lowest BCUT2D eigenvalue weighted by atomic mass is 10.1. The van der Waals surface area contributed by atoms with Crippen molar-refractivity contribution >= 4 is 34.1 Å². The number of benzene rings is 2. The molecule has 0 spiro atoms. The zero-order valence-electron chi connectivity index (χ0n) is 14.8. The van der Waals surface area contributed by atoms with E-state index in [1.165, 1.54) is 23.5 Å². The lowest BCUT2D eigenvalue weighted by Gasteiger charge is -2.14. The molecule has 2 heterocycles. The number of nitrogens with one attached hydrogen (secondary N) is 2. The highest BCUT2D eigenvalue weighted by atomic mass is 32.1. The van der Waals surface area contributed by atoms with Crippen molar-refractivity contribution in [1.82, 2.24) is 10.3 Å². The van der Waals surface area contributed by atoms with E-state index in [-0.39, 0.29) is 17.8 Å². The van der Waals surface area contributed by atoms with Crippen molar-refractivity contribution in [2.45, 2.75) is 6.42 Å². The highest BCUT2D eigenvalue weighted by Gasteiger charge is 2.22. The van der Waals surface area contributed by atoms with E-state index in [4.69, 9.17) is 0 Å². The van der Waals surface area contributed by atoms with Gasteiger partial charge in [0.25, 0.3) is 5.91 Å². The fourth-order valence-corrected chi connectivity index (χ4v) is 3.79. The summed E-state index contributed by atoms with van der Waals surface area (Å²) in [7, 11) is 0. The van der Waals surface area contributed by atoms with Crippen LogP contribution in [0.5, 0.6) is 0 Å². The molecule has 6 nitrogen and oxygen atoms in total. The molecular formula is C20H17FN4O2S. The molecule has 2 N–H and O–H groups in total. The Morgan fingerprint density at radius 2 is 2.07 bits per heavy atom. The summed E-state index contributed by atoms with van der Waals surface area (Å²) in [5.41, 5.74) is 2.10. The Bertz CT molecular complexity index is 1020. The van der Waals surface area contributed by atoms with Gasteiger partial charge in [-0.3, -0.25) is 15.0 Å². The average Bonchev–Trinajstić information content (AvgIpc) is 3.32. The number of rotatable bonds is 5. The monoisotopic (exact) mass is 396 g/mol.